The molecule has 0 aromatic carbocycles. The molecule has 1 fully saturated rings. The molecule has 2 rings (SSSR count). The largest absolute Gasteiger partial charge is 0.378 e. The third kappa shape index (κ3) is 3.99. The number of methoxy groups -OCH3 is 1. The molecule has 0 aliphatic carbocycles. The van der Waals surface area contributed by atoms with Gasteiger partial charge in [0.25, 0.3) is 0 Å². The summed E-state index contributed by atoms with van der Waals surface area (Å²) in [6, 6.07) is 0. The fraction of sp³-hybridized carbons (Fsp3) is 0.786. The molecule has 6 heteroatoms. The van der Waals surface area contributed by atoms with Crippen LogP contribution in [-0.4, -0.2) is 50.3 Å². The molecular formula is C14H25N3O2S. The third-order valence-corrected chi connectivity index (χ3v) is 4.57. The van der Waals surface area contributed by atoms with E-state index in [9.17, 15) is 0 Å². The van der Waals surface area contributed by atoms with Crippen LogP contribution in [0.2, 0.25) is 0 Å². The van der Waals surface area contributed by atoms with E-state index in [1.807, 2.05) is 7.05 Å². The van der Waals surface area contributed by atoms with Crippen LogP contribution in [0, 0.1) is 0 Å². The summed E-state index contributed by atoms with van der Waals surface area (Å²) in [6.45, 7) is 7.54. The van der Waals surface area contributed by atoms with Crippen LogP contribution in [0.4, 0.5) is 0 Å². The molecule has 1 aliphatic rings. The monoisotopic (exact) mass is 299 g/mol. The highest BCUT2D eigenvalue weighted by atomic mass is 32.1. The van der Waals surface area contributed by atoms with Gasteiger partial charge in [0.1, 0.15) is 11.1 Å². The van der Waals surface area contributed by atoms with Gasteiger partial charge in [-0.15, -0.1) is 11.3 Å². The number of hydrogen-bond donors (Lipinski definition) is 1. The van der Waals surface area contributed by atoms with Crippen molar-refractivity contribution in [2.45, 2.75) is 32.6 Å². The summed E-state index contributed by atoms with van der Waals surface area (Å²) in [6.07, 6.45) is 1.30. The SMILES string of the molecule is CCCN1CCOC(c2nc(COC)c(CNC)s2)C1. The van der Waals surface area contributed by atoms with E-state index in [0.717, 1.165) is 43.5 Å². The zero-order valence-corrected chi connectivity index (χ0v) is 13.5. The lowest BCUT2D eigenvalue weighted by Gasteiger charge is -2.31. The number of aromatic nitrogens is 1. The smallest absolute Gasteiger partial charge is 0.124 e. The van der Waals surface area contributed by atoms with Crippen LogP contribution < -0.4 is 5.32 Å². The Kier molecular flexibility index (Phi) is 6.38. The number of rotatable bonds is 7. The van der Waals surface area contributed by atoms with Crippen LogP contribution in [-0.2, 0) is 22.6 Å². The second kappa shape index (κ2) is 8.05. The zero-order chi connectivity index (χ0) is 14.4. The number of nitrogens with one attached hydrogen (secondary N) is 1. The maximum atomic E-state index is 5.91. The van der Waals surface area contributed by atoms with Crippen molar-refractivity contribution in [3.8, 4) is 0 Å². The van der Waals surface area contributed by atoms with E-state index in [2.05, 4.69) is 17.1 Å². The van der Waals surface area contributed by atoms with Crippen molar-refractivity contribution < 1.29 is 9.47 Å². The van der Waals surface area contributed by atoms with E-state index < -0.39 is 0 Å². The molecule has 1 aliphatic heterocycles. The van der Waals surface area contributed by atoms with Gasteiger partial charge in [0.05, 0.1) is 18.9 Å². The molecular weight excluding hydrogens is 274 g/mol. The van der Waals surface area contributed by atoms with E-state index in [4.69, 9.17) is 14.5 Å². The number of hydrogen-bond acceptors (Lipinski definition) is 6. The Hall–Kier alpha value is -0.530. The topological polar surface area (TPSA) is 46.6 Å². The first kappa shape index (κ1) is 15.9. The summed E-state index contributed by atoms with van der Waals surface area (Å²) in [7, 11) is 3.67. The molecule has 1 aromatic heterocycles. The van der Waals surface area contributed by atoms with Gasteiger partial charge in [-0.3, -0.25) is 4.90 Å². The summed E-state index contributed by atoms with van der Waals surface area (Å²) >= 11 is 1.75. The first-order chi connectivity index (χ1) is 9.78. The van der Waals surface area contributed by atoms with Crippen LogP contribution in [0.5, 0.6) is 0 Å². The van der Waals surface area contributed by atoms with Crippen molar-refractivity contribution in [1.82, 2.24) is 15.2 Å². The molecule has 0 amide bonds. The Morgan fingerprint density at radius 3 is 3.10 bits per heavy atom. The Labute approximate surface area is 125 Å². The molecule has 0 spiro atoms. The third-order valence-electron chi connectivity index (χ3n) is 3.38. The van der Waals surface area contributed by atoms with Gasteiger partial charge < -0.3 is 14.8 Å². The summed E-state index contributed by atoms with van der Waals surface area (Å²) in [5, 5.41) is 4.28. The van der Waals surface area contributed by atoms with Crippen LogP contribution in [0.3, 0.4) is 0 Å². The molecule has 1 unspecified atom stereocenters. The summed E-state index contributed by atoms with van der Waals surface area (Å²) in [5.74, 6) is 0. The molecule has 1 saturated heterocycles. The lowest BCUT2D eigenvalue weighted by molar-refractivity contribution is -0.0300. The van der Waals surface area contributed by atoms with Crippen molar-refractivity contribution in [3.05, 3.63) is 15.6 Å². The minimum absolute atomic E-state index is 0.113. The van der Waals surface area contributed by atoms with Gasteiger partial charge in [-0.25, -0.2) is 4.98 Å². The summed E-state index contributed by atoms with van der Waals surface area (Å²) < 4.78 is 11.2. The minimum Gasteiger partial charge on any atom is -0.378 e. The summed E-state index contributed by atoms with van der Waals surface area (Å²) in [5.41, 5.74) is 1.04. The number of thiazole rings is 1. The zero-order valence-electron chi connectivity index (χ0n) is 12.6. The maximum absolute atomic E-state index is 5.91. The second-order valence-electron chi connectivity index (χ2n) is 5.05. The van der Waals surface area contributed by atoms with Crippen molar-refractivity contribution in [2.24, 2.45) is 0 Å². The fourth-order valence-electron chi connectivity index (χ4n) is 2.46. The lowest BCUT2D eigenvalue weighted by Crippen LogP contribution is -2.38. The van der Waals surface area contributed by atoms with E-state index in [-0.39, 0.29) is 6.10 Å². The molecule has 1 aromatic rings. The van der Waals surface area contributed by atoms with Crippen LogP contribution in [0.1, 0.15) is 35.0 Å². The van der Waals surface area contributed by atoms with Crippen molar-refractivity contribution in [3.63, 3.8) is 0 Å². The molecule has 114 valence electrons. The molecule has 5 nitrogen and oxygen atoms in total. The molecule has 0 radical (unpaired) electrons. The molecule has 20 heavy (non-hydrogen) atoms. The van der Waals surface area contributed by atoms with E-state index in [1.54, 1.807) is 18.4 Å². The number of morpholine rings is 1. The lowest BCUT2D eigenvalue weighted by atomic mass is 10.2. The predicted molar refractivity (Wildman–Crippen MR) is 81.0 cm³/mol. The van der Waals surface area contributed by atoms with E-state index in [1.165, 1.54) is 11.3 Å². The predicted octanol–water partition coefficient (Wildman–Crippen LogP) is 1.79. The average molecular weight is 299 g/mol. The molecule has 2 heterocycles. The van der Waals surface area contributed by atoms with E-state index in [0.29, 0.717) is 6.61 Å². The van der Waals surface area contributed by atoms with Gasteiger partial charge in [0, 0.05) is 31.6 Å². The van der Waals surface area contributed by atoms with Crippen LogP contribution in [0.25, 0.3) is 0 Å². The minimum atomic E-state index is 0.113. The fourth-order valence-corrected chi connectivity index (χ4v) is 3.58. The van der Waals surface area contributed by atoms with Crippen molar-refractivity contribution in [2.75, 3.05) is 40.4 Å². The van der Waals surface area contributed by atoms with Crippen LogP contribution in [0.15, 0.2) is 0 Å². The van der Waals surface area contributed by atoms with Gasteiger partial charge in [-0.2, -0.15) is 0 Å². The van der Waals surface area contributed by atoms with Gasteiger partial charge in [0.15, 0.2) is 0 Å². The number of ether oxygens (including phenoxy) is 2. The Bertz CT molecular complexity index is 386. The standard InChI is InChI=1S/C14H25N3O2S/c1-4-5-17-6-7-19-12(9-17)14-16-11(10-18-3)13(20-14)8-15-2/h12,15H,4-10H2,1-3H3. The van der Waals surface area contributed by atoms with E-state index >= 15 is 0 Å². The first-order valence-electron chi connectivity index (χ1n) is 7.24. The molecule has 0 saturated carbocycles. The quantitative estimate of drug-likeness (QED) is 0.832. The molecule has 1 atom stereocenters. The number of nitrogens with zero attached hydrogens (tertiary/aromatic N) is 2. The van der Waals surface area contributed by atoms with Gasteiger partial charge in [-0.1, -0.05) is 6.92 Å². The Morgan fingerprint density at radius 2 is 2.40 bits per heavy atom. The average Bonchev–Trinajstić information content (AvgIpc) is 2.84. The Balaban J connectivity index is 2.08. The summed E-state index contributed by atoms with van der Waals surface area (Å²) in [4.78, 5) is 8.45. The highest BCUT2D eigenvalue weighted by molar-refractivity contribution is 7.11. The van der Waals surface area contributed by atoms with Crippen LogP contribution >= 0.6 is 11.3 Å². The maximum Gasteiger partial charge on any atom is 0.124 e. The molecule has 1 N–H and O–H groups in total. The van der Waals surface area contributed by atoms with Gasteiger partial charge >= 0.3 is 0 Å². The first-order valence-corrected chi connectivity index (χ1v) is 8.06. The second-order valence-corrected chi connectivity index (χ2v) is 6.16. The highest BCUT2D eigenvalue weighted by Crippen LogP contribution is 2.29. The Morgan fingerprint density at radius 1 is 1.55 bits per heavy atom. The van der Waals surface area contributed by atoms with Gasteiger partial charge in [-0.05, 0) is 20.0 Å². The van der Waals surface area contributed by atoms with Crippen molar-refractivity contribution in [1.29, 1.82) is 0 Å². The normalized spacial score (nSPS) is 20.4. The van der Waals surface area contributed by atoms with Gasteiger partial charge in [0.2, 0.25) is 0 Å². The highest BCUT2D eigenvalue weighted by Gasteiger charge is 2.25. The van der Waals surface area contributed by atoms with Crippen molar-refractivity contribution >= 4 is 11.3 Å². The molecule has 0 bridgehead atoms.